The van der Waals surface area contributed by atoms with Crippen LogP contribution >= 0.6 is 11.9 Å². The fraction of sp³-hybridized carbons (Fsp3) is 0.471. The zero-order valence-electron chi connectivity index (χ0n) is 28.5. The molecule has 2 aromatic heterocycles. The highest BCUT2D eigenvalue weighted by Gasteiger charge is 2.51. The van der Waals surface area contributed by atoms with Crippen LogP contribution in [0.3, 0.4) is 0 Å². The Morgan fingerprint density at radius 3 is 2.58 bits per heavy atom. The number of nitrogens with one attached hydrogen (secondary N) is 2. The van der Waals surface area contributed by atoms with E-state index >= 15 is 0 Å². The molecule has 2 atom stereocenters. The maximum absolute atomic E-state index is 13.9. The number of amides is 2. The number of hydrogen-bond acceptors (Lipinski definition) is 13. The maximum atomic E-state index is 13.9. The van der Waals surface area contributed by atoms with Gasteiger partial charge in [0.2, 0.25) is 11.5 Å². The Morgan fingerprint density at radius 2 is 1.88 bits per heavy atom. The fourth-order valence-corrected chi connectivity index (χ4v) is 6.52. The van der Waals surface area contributed by atoms with Crippen LogP contribution in [0.2, 0.25) is 0 Å². The van der Waals surface area contributed by atoms with Gasteiger partial charge in [-0.25, -0.2) is 14.6 Å². The molecule has 1 aromatic carbocycles. The van der Waals surface area contributed by atoms with Gasteiger partial charge in [-0.15, -0.1) is 0 Å². The molecule has 0 aliphatic carbocycles. The van der Waals surface area contributed by atoms with Gasteiger partial charge in [-0.3, -0.25) is 19.1 Å². The number of cyclic esters (lactones) is 1. The Labute approximate surface area is 292 Å². The minimum absolute atomic E-state index is 0.0619. The molecule has 4 heterocycles. The first-order chi connectivity index (χ1) is 23.9. The first-order valence-electron chi connectivity index (χ1n) is 16.2. The van der Waals surface area contributed by atoms with Crippen molar-refractivity contribution in [2.24, 2.45) is 5.92 Å². The molecule has 2 unspecified atom stereocenters. The molecule has 2 amide bonds. The van der Waals surface area contributed by atoms with Crippen LogP contribution in [0.4, 0.5) is 4.79 Å². The summed E-state index contributed by atoms with van der Waals surface area (Å²) in [5, 5.41) is 13.6. The third-order valence-electron chi connectivity index (χ3n) is 8.73. The van der Waals surface area contributed by atoms with Gasteiger partial charge in [0.25, 0.3) is 11.5 Å². The highest BCUT2D eigenvalue weighted by molar-refractivity contribution is 7.97. The molecule has 5 rings (SSSR count). The number of benzene rings is 1. The van der Waals surface area contributed by atoms with E-state index in [1.807, 2.05) is 6.92 Å². The van der Waals surface area contributed by atoms with Gasteiger partial charge in [0.05, 0.1) is 35.1 Å². The smallest absolute Gasteiger partial charge is 0.508 e. The van der Waals surface area contributed by atoms with Crippen molar-refractivity contribution in [3.05, 3.63) is 56.9 Å². The molecule has 268 valence electrons. The van der Waals surface area contributed by atoms with Gasteiger partial charge in [-0.05, 0) is 60.5 Å². The number of aromatic hydroxyl groups is 1. The van der Waals surface area contributed by atoms with Crippen molar-refractivity contribution in [2.75, 3.05) is 32.9 Å². The largest absolute Gasteiger partial charge is 0.509 e. The number of aromatic nitrogens is 2. The van der Waals surface area contributed by atoms with E-state index in [-0.39, 0.29) is 61.5 Å². The number of fused-ring (bicyclic) bond motifs is 5. The van der Waals surface area contributed by atoms with Crippen LogP contribution in [-0.4, -0.2) is 77.5 Å². The van der Waals surface area contributed by atoms with Crippen molar-refractivity contribution in [2.45, 2.75) is 65.3 Å². The lowest BCUT2D eigenvalue weighted by Crippen LogP contribution is -2.48. The highest BCUT2D eigenvalue weighted by Crippen LogP contribution is 2.42. The lowest BCUT2D eigenvalue weighted by molar-refractivity contribution is -0.175. The number of carbonyl (C=O) groups excluding carboxylic acids is 4. The van der Waals surface area contributed by atoms with Crippen molar-refractivity contribution in [1.82, 2.24) is 19.6 Å². The molecule has 15 nitrogen and oxygen atoms in total. The van der Waals surface area contributed by atoms with E-state index in [1.165, 1.54) is 7.11 Å². The molecule has 2 aliphatic rings. The van der Waals surface area contributed by atoms with Gasteiger partial charge in [-0.2, -0.15) is 0 Å². The van der Waals surface area contributed by atoms with Crippen molar-refractivity contribution < 1.29 is 48.0 Å². The Morgan fingerprint density at radius 1 is 1.12 bits per heavy atom. The van der Waals surface area contributed by atoms with E-state index in [0.717, 1.165) is 28.5 Å². The van der Waals surface area contributed by atoms with Gasteiger partial charge in [-0.1, -0.05) is 27.7 Å². The molecule has 0 saturated carbocycles. The summed E-state index contributed by atoms with van der Waals surface area (Å²) in [6.45, 7) is 6.11. The van der Waals surface area contributed by atoms with E-state index in [4.69, 9.17) is 28.7 Å². The Hall–Kier alpha value is -4.67. The average molecular weight is 713 g/mol. The van der Waals surface area contributed by atoms with Gasteiger partial charge >= 0.3 is 12.1 Å². The third-order valence-corrected chi connectivity index (χ3v) is 9.45. The Kier molecular flexibility index (Phi) is 11.3. The number of ether oxygens (including phenoxy) is 5. The minimum Gasteiger partial charge on any atom is -0.508 e. The van der Waals surface area contributed by atoms with Gasteiger partial charge in [0.1, 0.15) is 38.1 Å². The van der Waals surface area contributed by atoms with Crippen LogP contribution in [0.5, 0.6) is 5.75 Å². The van der Waals surface area contributed by atoms with Crippen LogP contribution in [0.1, 0.15) is 56.4 Å². The molecule has 0 radical (unpaired) electrons. The zero-order chi connectivity index (χ0) is 36.2. The molecule has 0 spiro atoms. The minimum atomic E-state index is -1.98. The quantitative estimate of drug-likeness (QED) is 0.0748. The number of nitrogens with zero attached hydrogens (tertiary/aromatic N) is 2. The number of phenols is 1. The molecule has 0 bridgehead atoms. The summed E-state index contributed by atoms with van der Waals surface area (Å²) in [7, 11) is 1.49. The zero-order valence-corrected chi connectivity index (χ0v) is 29.3. The van der Waals surface area contributed by atoms with E-state index in [1.54, 1.807) is 49.6 Å². The molecule has 3 N–H and O–H groups in total. The molecule has 3 aromatic rings. The molecular weight excluding hydrogens is 672 g/mol. The van der Waals surface area contributed by atoms with Crippen molar-refractivity contribution in [1.29, 1.82) is 0 Å². The SMILES string of the molecule is CCc1c2c(nc3ccc(O)cc13)-c1cc3c(c(=O)n1C2)COC(=O)C3(CC)OC(=O)OCC(NC(=O)COCC(=O)NSCOC)C(C)C. The predicted octanol–water partition coefficient (Wildman–Crippen LogP) is 3.03. The maximum Gasteiger partial charge on any atom is 0.509 e. The normalized spacial score (nSPS) is 16.6. The molecule has 16 heteroatoms. The van der Waals surface area contributed by atoms with E-state index in [0.29, 0.717) is 23.3 Å². The van der Waals surface area contributed by atoms with Crippen LogP contribution in [0, 0.1) is 5.92 Å². The standard InChI is InChI=1S/C34H40N4O11S/c1-6-20-21-10-19(39)8-9-25(21)36-30-22(20)12-38-27(30)11-24-23(31(38)42)13-47-32(43)34(24,7-2)49-33(44)48-14-26(18(3)4)35-28(40)15-46-16-29(41)37-50-17-45-5/h8-11,18,26,39H,6-7,12-17H2,1-5H3,(H,35,40)(H,37,41). The fourth-order valence-electron chi connectivity index (χ4n) is 6.12. The number of rotatable bonds is 14. The lowest BCUT2D eigenvalue weighted by atomic mass is 9.85. The number of esters is 1. The molecule has 0 saturated heterocycles. The average Bonchev–Trinajstić information content (AvgIpc) is 3.45. The summed E-state index contributed by atoms with van der Waals surface area (Å²) in [5.74, 6) is -1.65. The number of methoxy groups -OCH3 is 1. The second-order valence-corrected chi connectivity index (χ2v) is 12.9. The van der Waals surface area contributed by atoms with Crippen LogP contribution < -0.4 is 15.6 Å². The number of phenolic OH excluding ortho intramolecular Hbond substituents is 1. The summed E-state index contributed by atoms with van der Waals surface area (Å²) in [6, 6.07) is 5.91. The summed E-state index contributed by atoms with van der Waals surface area (Å²) in [5.41, 5.74) is 1.43. The topological polar surface area (TPSA) is 194 Å². The third kappa shape index (κ3) is 7.27. The first-order valence-corrected chi connectivity index (χ1v) is 17.1. The monoisotopic (exact) mass is 712 g/mol. The lowest BCUT2D eigenvalue weighted by Gasteiger charge is -2.35. The molecule has 2 aliphatic heterocycles. The summed E-state index contributed by atoms with van der Waals surface area (Å²) in [6.07, 6.45) is -0.636. The predicted molar refractivity (Wildman–Crippen MR) is 181 cm³/mol. The van der Waals surface area contributed by atoms with Crippen molar-refractivity contribution in [3.8, 4) is 17.1 Å². The number of aryl methyl sites for hydroxylation is 1. The highest BCUT2D eigenvalue weighted by atomic mass is 32.2. The number of carbonyl (C=O) groups is 4. The van der Waals surface area contributed by atoms with Crippen molar-refractivity contribution >= 4 is 46.8 Å². The second-order valence-electron chi connectivity index (χ2n) is 12.2. The summed E-state index contributed by atoms with van der Waals surface area (Å²) >= 11 is 1.04. The Balaban J connectivity index is 1.34. The molecule has 50 heavy (non-hydrogen) atoms. The number of pyridine rings is 2. The van der Waals surface area contributed by atoms with Crippen molar-refractivity contribution in [3.63, 3.8) is 0 Å². The summed E-state index contributed by atoms with van der Waals surface area (Å²) in [4.78, 5) is 69.7. The van der Waals surface area contributed by atoms with Gasteiger partial charge < -0.3 is 38.7 Å². The van der Waals surface area contributed by atoms with Crippen LogP contribution in [-0.2, 0) is 63.2 Å². The number of hydrogen-bond donors (Lipinski definition) is 3. The van der Waals surface area contributed by atoms with E-state index in [2.05, 4.69) is 10.0 Å². The van der Waals surface area contributed by atoms with Crippen LogP contribution in [0.15, 0.2) is 29.1 Å². The van der Waals surface area contributed by atoms with Gasteiger partial charge in [0.15, 0.2) is 0 Å². The molecule has 0 fully saturated rings. The Bertz CT molecular complexity index is 1880. The second kappa shape index (κ2) is 15.5. The molecular formula is C34H40N4O11S. The van der Waals surface area contributed by atoms with Crippen LogP contribution in [0.25, 0.3) is 22.3 Å². The van der Waals surface area contributed by atoms with Gasteiger partial charge in [0, 0.05) is 23.6 Å². The van der Waals surface area contributed by atoms with E-state index in [9.17, 15) is 29.1 Å². The first kappa shape index (κ1) is 36.6. The van der Waals surface area contributed by atoms with E-state index < -0.39 is 47.7 Å². The summed E-state index contributed by atoms with van der Waals surface area (Å²) < 4.78 is 30.6.